The fraction of sp³-hybridized carbons (Fsp3) is 0.467. The van der Waals surface area contributed by atoms with Gasteiger partial charge in [-0.05, 0) is 47.1 Å². The van der Waals surface area contributed by atoms with Crippen LogP contribution in [0, 0.1) is 0 Å². The van der Waals surface area contributed by atoms with Crippen LogP contribution in [-0.4, -0.2) is 31.3 Å². The largest absolute Gasteiger partial charge is 0.395 e. The first kappa shape index (κ1) is 16.2. The van der Waals surface area contributed by atoms with E-state index in [1.165, 1.54) is 5.56 Å². The summed E-state index contributed by atoms with van der Waals surface area (Å²) in [7, 11) is 0. The van der Waals surface area contributed by atoms with Gasteiger partial charge in [-0.2, -0.15) is 0 Å². The van der Waals surface area contributed by atoms with Crippen LogP contribution in [-0.2, 0) is 0 Å². The lowest BCUT2D eigenvalue weighted by Gasteiger charge is -2.24. The van der Waals surface area contributed by atoms with E-state index in [1.54, 1.807) is 0 Å². The van der Waals surface area contributed by atoms with Crippen molar-refractivity contribution in [2.24, 2.45) is 0 Å². The van der Waals surface area contributed by atoms with Crippen molar-refractivity contribution in [1.82, 2.24) is 5.32 Å². The molecule has 0 amide bonds. The van der Waals surface area contributed by atoms with Crippen molar-refractivity contribution < 1.29 is 5.11 Å². The molecular weight excluding hydrogens is 304 g/mol. The SMILES string of the molecule is C=CCN(CCO)c1ccc(C(C)NCC)cc1Br. The van der Waals surface area contributed by atoms with Gasteiger partial charge in [0.2, 0.25) is 0 Å². The highest BCUT2D eigenvalue weighted by Gasteiger charge is 2.11. The summed E-state index contributed by atoms with van der Waals surface area (Å²) in [5.74, 6) is 0. The van der Waals surface area contributed by atoms with E-state index in [-0.39, 0.29) is 6.61 Å². The Morgan fingerprint density at radius 1 is 1.53 bits per heavy atom. The molecule has 0 saturated heterocycles. The standard InChI is InChI=1S/C15H23BrN2O/c1-4-8-18(9-10-19)15-7-6-13(11-14(15)16)12(3)17-5-2/h4,6-7,11-12,17,19H,1,5,8-10H2,2-3H3. The van der Waals surface area contributed by atoms with Gasteiger partial charge in [0, 0.05) is 23.6 Å². The number of rotatable bonds is 8. The van der Waals surface area contributed by atoms with Crippen LogP contribution < -0.4 is 10.2 Å². The van der Waals surface area contributed by atoms with Gasteiger partial charge >= 0.3 is 0 Å². The Bertz CT molecular complexity index is 409. The molecule has 4 heteroatoms. The van der Waals surface area contributed by atoms with E-state index in [9.17, 15) is 0 Å². The fourth-order valence-electron chi connectivity index (χ4n) is 2.06. The van der Waals surface area contributed by atoms with E-state index in [0.717, 1.165) is 23.2 Å². The minimum atomic E-state index is 0.135. The summed E-state index contributed by atoms with van der Waals surface area (Å²) in [6, 6.07) is 6.68. The van der Waals surface area contributed by atoms with Gasteiger partial charge in [0.15, 0.2) is 0 Å². The smallest absolute Gasteiger partial charge is 0.0606 e. The highest BCUT2D eigenvalue weighted by atomic mass is 79.9. The van der Waals surface area contributed by atoms with Gasteiger partial charge in [-0.3, -0.25) is 0 Å². The Labute approximate surface area is 124 Å². The summed E-state index contributed by atoms with van der Waals surface area (Å²) in [6.45, 7) is 10.4. The number of hydrogen-bond acceptors (Lipinski definition) is 3. The predicted molar refractivity (Wildman–Crippen MR) is 85.7 cm³/mol. The van der Waals surface area contributed by atoms with Gasteiger partial charge in [-0.1, -0.05) is 19.1 Å². The molecule has 0 aliphatic rings. The van der Waals surface area contributed by atoms with Crippen molar-refractivity contribution in [2.45, 2.75) is 19.9 Å². The van der Waals surface area contributed by atoms with E-state index in [2.05, 4.69) is 64.8 Å². The second kappa shape index (κ2) is 8.35. The first-order valence-electron chi connectivity index (χ1n) is 6.63. The molecule has 1 rings (SSSR count). The van der Waals surface area contributed by atoms with Crippen molar-refractivity contribution in [3.63, 3.8) is 0 Å². The number of benzene rings is 1. The molecule has 1 aromatic carbocycles. The summed E-state index contributed by atoms with van der Waals surface area (Å²) in [6.07, 6.45) is 1.84. The van der Waals surface area contributed by atoms with Gasteiger partial charge in [-0.15, -0.1) is 6.58 Å². The number of aliphatic hydroxyl groups excluding tert-OH is 1. The van der Waals surface area contributed by atoms with E-state index < -0.39 is 0 Å². The molecule has 3 nitrogen and oxygen atoms in total. The van der Waals surface area contributed by atoms with Crippen molar-refractivity contribution in [2.75, 3.05) is 31.1 Å². The summed E-state index contributed by atoms with van der Waals surface area (Å²) >= 11 is 3.62. The molecule has 0 spiro atoms. The lowest BCUT2D eigenvalue weighted by molar-refractivity contribution is 0.303. The van der Waals surface area contributed by atoms with Gasteiger partial charge in [0.1, 0.15) is 0 Å². The van der Waals surface area contributed by atoms with Crippen molar-refractivity contribution >= 4 is 21.6 Å². The molecule has 19 heavy (non-hydrogen) atoms. The molecule has 0 aromatic heterocycles. The Morgan fingerprint density at radius 2 is 2.26 bits per heavy atom. The monoisotopic (exact) mass is 326 g/mol. The molecule has 106 valence electrons. The zero-order valence-corrected chi connectivity index (χ0v) is 13.3. The average Bonchev–Trinajstić information content (AvgIpc) is 2.39. The first-order valence-corrected chi connectivity index (χ1v) is 7.42. The highest BCUT2D eigenvalue weighted by molar-refractivity contribution is 9.10. The molecule has 0 aliphatic carbocycles. The lowest BCUT2D eigenvalue weighted by Crippen LogP contribution is -2.27. The molecule has 0 bridgehead atoms. The Kier molecular flexibility index (Phi) is 7.13. The zero-order chi connectivity index (χ0) is 14.3. The summed E-state index contributed by atoms with van der Waals surface area (Å²) in [5.41, 5.74) is 2.33. The molecular formula is C15H23BrN2O. The van der Waals surface area contributed by atoms with E-state index in [1.807, 2.05) is 6.08 Å². The third-order valence-electron chi connectivity index (χ3n) is 3.04. The Balaban J connectivity index is 2.94. The number of halogens is 1. The fourth-order valence-corrected chi connectivity index (χ4v) is 2.71. The first-order chi connectivity index (χ1) is 9.13. The summed E-state index contributed by atoms with van der Waals surface area (Å²) < 4.78 is 1.05. The van der Waals surface area contributed by atoms with Crippen LogP contribution >= 0.6 is 15.9 Å². The van der Waals surface area contributed by atoms with Crippen LogP contribution in [0.5, 0.6) is 0 Å². The molecule has 1 atom stereocenters. The maximum absolute atomic E-state index is 9.13. The number of hydrogen-bond donors (Lipinski definition) is 2. The van der Waals surface area contributed by atoms with Gasteiger partial charge < -0.3 is 15.3 Å². The maximum Gasteiger partial charge on any atom is 0.0606 e. The van der Waals surface area contributed by atoms with Crippen LogP contribution in [0.4, 0.5) is 5.69 Å². The molecule has 0 saturated carbocycles. The quantitative estimate of drug-likeness (QED) is 0.720. The molecule has 0 radical (unpaired) electrons. The molecule has 0 heterocycles. The summed E-state index contributed by atoms with van der Waals surface area (Å²) in [4.78, 5) is 2.10. The van der Waals surface area contributed by atoms with E-state index in [0.29, 0.717) is 12.6 Å². The lowest BCUT2D eigenvalue weighted by atomic mass is 10.1. The van der Waals surface area contributed by atoms with Gasteiger partial charge in [0.25, 0.3) is 0 Å². The van der Waals surface area contributed by atoms with E-state index in [4.69, 9.17) is 5.11 Å². The normalized spacial score (nSPS) is 12.2. The van der Waals surface area contributed by atoms with Crippen LogP contribution in [0.3, 0.4) is 0 Å². The second-order valence-electron chi connectivity index (χ2n) is 4.45. The predicted octanol–water partition coefficient (Wildman–Crippen LogP) is 3.10. The van der Waals surface area contributed by atoms with Crippen molar-refractivity contribution in [3.8, 4) is 0 Å². The molecule has 1 aromatic rings. The Morgan fingerprint density at radius 3 is 2.79 bits per heavy atom. The molecule has 0 aliphatic heterocycles. The molecule has 2 N–H and O–H groups in total. The van der Waals surface area contributed by atoms with Gasteiger partial charge in [0.05, 0.1) is 12.3 Å². The minimum Gasteiger partial charge on any atom is -0.395 e. The zero-order valence-electron chi connectivity index (χ0n) is 11.7. The molecule has 0 fully saturated rings. The number of aliphatic hydroxyl groups is 1. The van der Waals surface area contributed by atoms with Crippen LogP contribution in [0.2, 0.25) is 0 Å². The minimum absolute atomic E-state index is 0.135. The van der Waals surface area contributed by atoms with Crippen LogP contribution in [0.15, 0.2) is 35.3 Å². The summed E-state index contributed by atoms with van der Waals surface area (Å²) in [5, 5.41) is 12.5. The number of nitrogens with one attached hydrogen (secondary N) is 1. The van der Waals surface area contributed by atoms with Crippen molar-refractivity contribution in [3.05, 3.63) is 40.9 Å². The average molecular weight is 327 g/mol. The van der Waals surface area contributed by atoms with Crippen LogP contribution in [0.25, 0.3) is 0 Å². The highest BCUT2D eigenvalue weighted by Crippen LogP contribution is 2.29. The third-order valence-corrected chi connectivity index (χ3v) is 3.68. The maximum atomic E-state index is 9.13. The van der Waals surface area contributed by atoms with Crippen LogP contribution in [0.1, 0.15) is 25.5 Å². The topological polar surface area (TPSA) is 35.5 Å². The molecule has 1 unspecified atom stereocenters. The number of anilines is 1. The van der Waals surface area contributed by atoms with Crippen molar-refractivity contribution in [1.29, 1.82) is 0 Å². The number of nitrogens with zero attached hydrogens (tertiary/aromatic N) is 1. The second-order valence-corrected chi connectivity index (χ2v) is 5.30. The Hall–Kier alpha value is -0.840. The van der Waals surface area contributed by atoms with E-state index >= 15 is 0 Å². The third kappa shape index (κ3) is 4.64. The van der Waals surface area contributed by atoms with Gasteiger partial charge in [-0.25, -0.2) is 0 Å².